The summed E-state index contributed by atoms with van der Waals surface area (Å²) in [5.41, 5.74) is 0.220. The number of aromatic nitrogens is 2. The van der Waals surface area contributed by atoms with Crippen LogP contribution in [-0.2, 0) is 23.9 Å². The van der Waals surface area contributed by atoms with Gasteiger partial charge >= 0.3 is 11.9 Å². The van der Waals surface area contributed by atoms with Crippen molar-refractivity contribution in [2.45, 2.75) is 133 Å². The first kappa shape index (κ1) is 35.7. The van der Waals surface area contributed by atoms with E-state index in [2.05, 4.69) is 63.8 Å². The maximum Gasteiger partial charge on any atom is 0.309 e. The number of nitrogens with one attached hydrogen (secondary N) is 1. The zero-order chi connectivity index (χ0) is 35.9. The Morgan fingerprint density at radius 1 is 0.939 bits per heavy atom. The van der Waals surface area contributed by atoms with Crippen LogP contribution < -0.4 is 5.32 Å². The summed E-state index contributed by atoms with van der Waals surface area (Å²) in [5, 5.41) is 12.7. The summed E-state index contributed by atoms with van der Waals surface area (Å²) in [6.07, 6.45) is 11.8. The van der Waals surface area contributed by atoms with Gasteiger partial charge in [-0.3, -0.25) is 19.2 Å². The van der Waals surface area contributed by atoms with Crippen LogP contribution in [0.1, 0.15) is 127 Å². The minimum Gasteiger partial charge on any atom is -0.481 e. The van der Waals surface area contributed by atoms with E-state index < -0.39 is 22.8 Å². The number of allylic oxidation sites excluding steroid dienone is 1. The van der Waals surface area contributed by atoms with Crippen LogP contribution in [0.15, 0.2) is 29.9 Å². The maximum absolute atomic E-state index is 14.3. The number of amides is 1. The highest BCUT2D eigenvalue weighted by Gasteiger charge is 2.71. The van der Waals surface area contributed by atoms with Crippen molar-refractivity contribution in [3.8, 4) is 0 Å². The smallest absolute Gasteiger partial charge is 0.309 e. The number of aliphatic carboxylic acids is 1. The van der Waals surface area contributed by atoms with E-state index in [9.17, 15) is 24.3 Å². The second kappa shape index (κ2) is 11.7. The topological polar surface area (TPSA) is 136 Å². The summed E-state index contributed by atoms with van der Waals surface area (Å²) in [6.45, 7) is 19.3. The van der Waals surface area contributed by atoms with Gasteiger partial charge in [-0.15, -0.1) is 0 Å². The zero-order valence-electron chi connectivity index (χ0n) is 31.1. The Labute approximate surface area is 291 Å². The van der Waals surface area contributed by atoms with Gasteiger partial charge in [0.25, 0.3) is 0 Å². The van der Waals surface area contributed by atoms with E-state index in [1.165, 1.54) is 6.33 Å². The average molecular weight is 676 g/mol. The number of ether oxygens (including phenoxy) is 1. The summed E-state index contributed by atoms with van der Waals surface area (Å²) in [6, 6.07) is 0. The third-order valence-electron chi connectivity index (χ3n) is 15.1. The van der Waals surface area contributed by atoms with Gasteiger partial charge in [0.05, 0.1) is 35.3 Å². The largest absolute Gasteiger partial charge is 0.481 e. The monoisotopic (exact) mass is 675 g/mol. The van der Waals surface area contributed by atoms with Gasteiger partial charge < -0.3 is 15.2 Å². The van der Waals surface area contributed by atoms with Gasteiger partial charge in [0.2, 0.25) is 5.91 Å². The number of ketones is 1. The number of Topliss-reactive ketones (excluding diaryl/α,β-unsaturated/α-hetero) is 1. The number of carbonyl (C=O) groups is 4. The number of anilines is 1. The van der Waals surface area contributed by atoms with E-state index in [-0.39, 0.29) is 64.1 Å². The Balaban J connectivity index is 1.31. The molecule has 4 fully saturated rings. The zero-order valence-corrected chi connectivity index (χ0v) is 31.1. The quantitative estimate of drug-likeness (QED) is 0.280. The molecule has 0 aromatic carbocycles. The molecule has 8 atom stereocenters. The van der Waals surface area contributed by atoms with Gasteiger partial charge in [-0.05, 0) is 116 Å². The first-order chi connectivity index (χ1) is 22.7. The number of rotatable bonds is 7. The molecule has 1 amide bonds. The third kappa shape index (κ3) is 5.21. The summed E-state index contributed by atoms with van der Waals surface area (Å²) < 4.78 is 6.14. The number of carbonyl (C=O) groups excluding carboxylic acids is 3. The first-order valence-electron chi connectivity index (χ1n) is 18.5. The standard InChI is InChI=1S/C40H57N3O6/c1-23(2)31-26(44)18-40(33(46)43-24-20-41-22-42-21-24)17-16-38(8)25(32(31)40)10-11-28-37(7)14-13-29(49-30(45)19-35(3,4)34(47)48)36(5,6)27(37)12-15-39(28,38)9/h20-23,25,27-29H,10-19H2,1-9H3,(H,43,46)(H,47,48)/t25-,27+,28-,29+,37+,38-,39-,40-/m1/s1. The number of hydrogen-bond donors (Lipinski definition) is 2. The Morgan fingerprint density at radius 2 is 1.61 bits per heavy atom. The molecule has 0 unspecified atom stereocenters. The lowest BCUT2D eigenvalue weighted by molar-refractivity contribution is -0.233. The van der Waals surface area contributed by atoms with Crippen LogP contribution in [0.25, 0.3) is 0 Å². The van der Waals surface area contributed by atoms with Gasteiger partial charge in [0.15, 0.2) is 5.78 Å². The molecule has 9 heteroatoms. The number of esters is 1. The summed E-state index contributed by atoms with van der Waals surface area (Å²) in [5.74, 6) is -0.434. The molecule has 9 nitrogen and oxygen atoms in total. The highest BCUT2D eigenvalue weighted by molar-refractivity contribution is 6.09. The molecule has 6 rings (SSSR count). The highest BCUT2D eigenvalue weighted by Crippen LogP contribution is 2.76. The number of carboxylic acid groups (broad SMARTS) is 1. The third-order valence-corrected chi connectivity index (χ3v) is 15.1. The van der Waals surface area contributed by atoms with Gasteiger partial charge in [-0.2, -0.15) is 0 Å². The molecule has 0 radical (unpaired) electrons. The molecule has 5 aliphatic carbocycles. The normalized spacial score (nSPS) is 38.2. The van der Waals surface area contributed by atoms with Crippen LogP contribution in [0, 0.1) is 56.2 Å². The SMILES string of the molecule is CC(C)C1=C2[C@H]3CC[C@@H]4[C@@]5(C)CC[C@H](OC(=O)CC(C)(C)C(=O)O)C(C)(C)[C@@H]5CC[C@@]4(C)[C@]3(C)CC[C@@]2(C(=O)Nc2cncnc2)CC1=O. The van der Waals surface area contributed by atoms with E-state index in [1.807, 2.05) is 0 Å². The molecule has 0 saturated heterocycles. The fourth-order valence-corrected chi connectivity index (χ4v) is 12.3. The van der Waals surface area contributed by atoms with Crippen LogP contribution in [0.4, 0.5) is 5.69 Å². The lowest BCUT2D eigenvalue weighted by atomic mass is 9.33. The summed E-state index contributed by atoms with van der Waals surface area (Å²) in [4.78, 5) is 61.2. The van der Waals surface area contributed by atoms with Crippen molar-refractivity contribution < 1.29 is 29.0 Å². The minimum atomic E-state index is -1.17. The summed E-state index contributed by atoms with van der Waals surface area (Å²) >= 11 is 0. The van der Waals surface area contributed by atoms with E-state index >= 15 is 0 Å². The fraction of sp³-hybridized carbons (Fsp3) is 0.750. The molecular weight excluding hydrogens is 618 g/mol. The van der Waals surface area contributed by atoms with Crippen LogP contribution in [0.3, 0.4) is 0 Å². The number of hydrogen-bond acceptors (Lipinski definition) is 7. The van der Waals surface area contributed by atoms with Crippen molar-refractivity contribution >= 4 is 29.3 Å². The molecule has 268 valence electrons. The van der Waals surface area contributed by atoms with Gasteiger partial charge in [0.1, 0.15) is 12.4 Å². The van der Waals surface area contributed by atoms with Crippen molar-refractivity contribution in [2.24, 2.45) is 56.2 Å². The Bertz CT molecular complexity index is 1580. The molecule has 0 bridgehead atoms. The molecule has 2 N–H and O–H groups in total. The fourth-order valence-electron chi connectivity index (χ4n) is 12.3. The van der Waals surface area contributed by atoms with Crippen LogP contribution >= 0.6 is 0 Å². The van der Waals surface area contributed by atoms with Crippen molar-refractivity contribution in [3.05, 3.63) is 29.9 Å². The van der Waals surface area contributed by atoms with Crippen molar-refractivity contribution in [1.29, 1.82) is 0 Å². The van der Waals surface area contributed by atoms with E-state index in [0.717, 1.165) is 56.1 Å². The predicted octanol–water partition coefficient (Wildman–Crippen LogP) is 7.81. The molecule has 49 heavy (non-hydrogen) atoms. The average Bonchev–Trinajstić information content (AvgIpc) is 3.32. The van der Waals surface area contributed by atoms with Crippen LogP contribution in [-0.4, -0.2) is 44.8 Å². The second-order valence-corrected chi connectivity index (χ2v) is 18.6. The van der Waals surface area contributed by atoms with E-state index in [1.54, 1.807) is 26.2 Å². The first-order valence-corrected chi connectivity index (χ1v) is 18.5. The lowest BCUT2D eigenvalue weighted by Gasteiger charge is -2.72. The van der Waals surface area contributed by atoms with E-state index in [0.29, 0.717) is 23.9 Å². The molecule has 1 aromatic rings. The van der Waals surface area contributed by atoms with Crippen LogP contribution in [0.5, 0.6) is 0 Å². The number of nitrogens with zero attached hydrogens (tertiary/aromatic N) is 2. The predicted molar refractivity (Wildman–Crippen MR) is 186 cm³/mol. The van der Waals surface area contributed by atoms with Crippen molar-refractivity contribution in [1.82, 2.24) is 9.97 Å². The molecule has 5 aliphatic rings. The number of carboxylic acids is 1. The van der Waals surface area contributed by atoms with Gasteiger partial charge in [-0.25, -0.2) is 9.97 Å². The summed E-state index contributed by atoms with van der Waals surface area (Å²) in [7, 11) is 0. The lowest BCUT2D eigenvalue weighted by Crippen LogP contribution is -2.66. The maximum atomic E-state index is 14.3. The van der Waals surface area contributed by atoms with Crippen LogP contribution in [0.2, 0.25) is 0 Å². The Hall–Kier alpha value is -3.10. The van der Waals surface area contributed by atoms with Gasteiger partial charge in [-0.1, -0.05) is 48.5 Å². The Kier molecular flexibility index (Phi) is 8.55. The second-order valence-electron chi connectivity index (χ2n) is 18.6. The minimum absolute atomic E-state index is 0.00288. The molecule has 0 spiro atoms. The molecule has 1 heterocycles. The van der Waals surface area contributed by atoms with Crippen molar-refractivity contribution in [2.75, 3.05) is 5.32 Å². The molecule has 0 aliphatic heterocycles. The molecular formula is C40H57N3O6. The Morgan fingerprint density at radius 3 is 2.24 bits per heavy atom. The molecule has 1 aromatic heterocycles. The van der Waals surface area contributed by atoms with Crippen molar-refractivity contribution in [3.63, 3.8) is 0 Å². The molecule has 4 saturated carbocycles. The number of fused-ring (bicyclic) bond motifs is 7. The van der Waals surface area contributed by atoms with E-state index in [4.69, 9.17) is 4.74 Å². The van der Waals surface area contributed by atoms with Gasteiger partial charge in [0, 0.05) is 11.8 Å². The highest BCUT2D eigenvalue weighted by atomic mass is 16.5.